The van der Waals surface area contributed by atoms with Gasteiger partial charge < -0.3 is 15.0 Å². The molecule has 0 aliphatic rings. The smallest absolute Gasteiger partial charge is 0.225 e. The van der Waals surface area contributed by atoms with E-state index in [2.05, 4.69) is 5.32 Å². The second-order valence-corrected chi connectivity index (χ2v) is 6.09. The summed E-state index contributed by atoms with van der Waals surface area (Å²) in [5.41, 5.74) is 0.906. The van der Waals surface area contributed by atoms with E-state index in [4.69, 9.17) is 21.6 Å². The van der Waals surface area contributed by atoms with Crippen molar-refractivity contribution in [2.45, 2.75) is 6.42 Å². The summed E-state index contributed by atoms with van der Waals surface area (Å²) >= 11 is 5.94. The minimum absolute atomic E-state index is 0.160. The summed E-state index contributed by atoms with van der Waals surface area (Å²) in [4.78, 5) is 13.9. The van der Waals surface area contributed by atoms with Crippen LogP contribution < -0.4 is 10.1 Å². The highest BCUT2D eigenvalue weighted by atomic mass is 35.5. The van der Waals surface area contributed by atoms with Gasteiger partial charge in [0.05, 0.1) is 10.6 Å². The number of likely N-dealkylation sites (N-methyl/N-ethyl adjacent to an activating group) is 1. The van der Waals surface area contributed by atoms with Crippen molar-refractivity contribution >= 4 is 23.2 Å². The van der Waals surface area contributed by atoms with Crippen molar-refractivity contribution in [2.75, 3.05) is 32.1 Å². The Hall–Kier alpha value is -2.62. The van der Waals surface area contributed by atoms with Gasteiger partial charge in [-0.3, -0.25) is 4.79 Å². The molecule has 0 spiro atoms. The number of amides is 1. The van der Waals surface area contributed by atoms with E-state index in [1.807, 2.05) is 18.0 Å². The van der Waals surface area contributed by atoms with Crippen molar-refractivity contribution in [2.24, 2.45) is 0 Å². The third kappa shape index (κ3) is 6.03. The number of para-hydroxylation sites is 1. The molecular formula is C19H19ClFN3O2. The number of anilines is 1. The molecule has 7 heteroatoms. The summed E-state index contributed by atoms with van der Waals surface area (Å²) in [6, 6.07) is 12.9. The zero-order chi connectivity index (χ0) is 18.9. The second kappa shape index (κ2) is 9.76. The molecule has 2 aromatic rings. The molecule has 0 heterocycles. The number of rotatable bonds is 8. The number of carbonyl (C=O) groups excluding carboxylic acids is 1. The van der Waals surface area contributed by atoms with Crippen LogP contribution in [0.3, 0.4) is 0 Å². The number of nitrogens with zero attached hydrogens (tertiary/aromatic N) is 2. The summed E-state index contributed by atoms with van der Waals surface area (Å²) < 4.78 is 18.8. The average molecular weight is 376 g/mol. The zero-order valence-electron chi connectivity index (χ0n) is 14.3. The van der Waals surface area contributed by atoms with Gasteiger partial charge in [0.1, 0.15) is 12.7 Å². The minimum Gasteiger partial charge on any atom is -0.489 e. The average Bonchev–Trinajstić information content (AvgIpc) is 2.62. The first-order valence-corrected chi connectivity index (χ1v) is 8.43. The van der Waals surface area contributed by atoms with E-state index in [1.165, 1.54) is 6.07 Å². The molecule has 0 aromatic heterocycles. The summed E-state index contributed by atoms with van der Waals surface area (Å²) in [5, 5.41) is 11.9. The van der Waals surface area contributed by atoms with Gasteiger partial charge in [-0.25, -0.2) is 4.39 Å². The minimum atomic E-state index is -0.393. The van der Waals surface area contributed by atoms with Gasteiger partial charge in [0.2, 0.25) is 5.91 Å². The summed E-state index contributed by atoms with van der Waals surface area (Å²) in [7, 11) is 1.86. The van der Waals surface area contributed by atoms with Crippen molar-refractivity contribution in [1.82, 2.24) is 4.90 Å². The second-order valence-electron chi connectivity index (χ2n) is 5.69. The van der Waals surface area contributed by atoms with E-state index in [0.29, 0.717) is 36.0 Å². The van der Waals surface area contributed by atoms with Gasteiger partial charge in [-0.15, -0.1) is 0 Å². The van der Waals surface area contributed by atoms with Crippen molar-refractivity contribution < 1.29 is 13.9 Å². The van der Waals surface area contributed by atoms with Crippen molar-refractivity contribution in [3.05, 3.63) is 58.9 Å². The lowest BCUT2D eigenvalue weighted by molar-refractivity contribution is -0.116. The first kappa shape index (κ1) is 19.7. The Balaban J connectivity index is 1.70. The molecule has 26 heavy (non-hydrogen) atoms. The molecule has 2 rings (SSSR count). The van der Waals surface area contributed by atoms with E-state index >= 15 is 0 Å². The normalized spacial score (nSPS) is 10.4. The Kier molecular flexibility index (Phi) is 7.39. The molecule has 1 amide bonds. The highest BCUT2D eigenvalue weighted by Crippen LogP contribution is 2.20. The van der Waals surface area contributed by atoms with Crippen molar-refractivity contribution in [3.8, 4) is 11.8 Å². The van der Waals surface area contributed by atoms with Crippen LogP contribution in [0, 0.1) is 17.1 Å². The van der Waals surface area contributed by atoms with Crippen LogP contribution in [0.5, 0.6) is 5.75 Å². The topological polar surface area (TPSA) is 65.4 Å². The van der Waals surface area contributed by atoms with Crippen LogP contribution in [-0.4, -0.2) is 37.6 Å². The molecule has 0 atom stereocenters. The highest BCUT2D eigenvalue weighted by Gasteiger charge is 2.08. The summed E-state index contributed by atoms with van der Waals surface area (Å²) in [5.74, 6) is -0.334. The molecule has 136 valence electrons. The van der Waals surface area contributed by atoms with Gasteiger partial charge >= 0.3 is 0 Å². The van der Waals surface area contributed by atoms with Crippen LogP contribution in [0.25, 0.3) is 0 Å². The molecule has 0 bridgehead atoms. The standard InChI is InChI=1S/C19H19ClFN3O2/c1-24(10-11-26-18-5-3-2-4-17(18)21)9-8-19(25)23-15-7-6-14(13-22)16(20)12-15/h2-7,12H,8-11H2,1H3,(H,23,25). The van der Waals surface area contributed by atoms with Gasteiger partial charge in [0.25, 0.3) is 0 Å². The molecule has 0 aliphatic heterocycles. The lowest BCUT2D eigenvalue weighted by Gasteiger charge is -2.17. The fourth-order valence-electron chi connectivity index (χ4n) is 2.18. The Morgan fingerprint density at radius 3 is 2.77 bits per heavy atom. The molecule has 5 nitrogen and oxygen atoms in total. The Labute approximate surface area is 156 Å². The SMILES string of the molecule is CN(CCOc1ccccc1F)CCC(=O)Nc1ccc(C#N)c(Cl)c1. The lowest BCUT2D eigenvalue weighted by atomic mass is 10.2. The van der Waals surface area contributed by atoms with Crippen LogP contribution in [-0.2, 0) is 4.79 Å². The fourth-order valence-corrected chi connectivity index (χ4v) is 2.41. The van der Waals surface area contributed by atoms with Gasteiger partial charge in [0.15, 0.2) is 11.6 Å². The summed E-state index contributed by atoms with van der Waals surface area (Å²) in [6.45, 7) is 1.41. The van der Waals surface area contributed by atoms with E-state index in [0.717, 1.165) is 0 Å². The number of nitrogens with one attached hydrogen (secondary N) is 1. The molecule has 0 fully saturated rings. The van der Waals surface area contributed by atoms with Gasteiger partial charge in [-0.2, -0.15) is 5.26 Å². The van der Waals surface area contributed by atoms with Crippen LogP contribution in [0.4, 0.5) is 10.1 Å². The number of nitriles is 1. The van der Waals surface area contributed by atoms with E-state index in [-0.39, 0.29) is 18.1 Å². The van der Waals surface area contributed by atoms with E-state index in [1.54, 1.807) is 36.4 Å². The van der Waals surface area contributed by atoms with Gasteiger partial charge in [0, 0.05) is 25.2 Å². The molecular weight excluding hydrogens is 357 g/mol. The maximum absolute atomic E-state index is 13.4. The predicted molar refractivity (Wildman–Crippen MR) is 98.8 cm³/mol. The number of hydrogen-bond acceptors (Lipinski definition) is 4. The third-order valence-corrected chi connectivity index (χ3v) is 3.97. The fraction of sp³-hybridized carbons (Fsp3) is 0.263. The van der Waals surface area contributed by atoms with Crippen LogP contribution in [0.2, 0.25) is 5.02 Å². The van der Waals surface area contributed by atoms with Gasteiger partial charge in [-0.05, 0) is 37.4 Å². The van der Waals surface area contributed by atoms with Crippen LogP contribution in [0.15, 0.2) is 42.5 Å². The van der Waals surface area contributed by atoms with Crippen molar-refractivity contribution in [3.63, 3.8) is 0 Å². The number of hydrogen-bond donors (Lipinski definition) is 1. The Bertz CT molecular complexity index is 808. The zero-order valence-corrected chi connectivity index (χ0v) is 15.1. The molecule has 0 unspecified atom stereocenters. The largest absolute Gasteiger partial charge is 0.489 e. The number of ether oxygens (including phenoxy) is 1. The molecule has 2 aromatic carbocycles. The first-order valence-electron chi connectivity index (χ1n) is 8.05. The monoisotopic (exact) mass is 375 g/mol. The summed E-state index contributed by atoms with van der Waals surface area (Å²) in [6.07, 6.45) is 0.286. The van der Waals surface area contributed by atoms with E-state index < -0.39 is 5.82 Å². The number of benzene rings is 2. The predicted octanol–water partition coefficient (Wildman–Crippen LogP) is 3.69. The Morgan fingerprint density at radius 1 is 1.31 bits per heavy atom. The maximum atomic E-state index is 13.4. The van der Waals surface area contributed by atoms with Gasteiger partial charge in [-0.1, -0.05) is 23.7 Å². The number of carbonyl (C=O) groups is 1. The Morgan fingerprint density at radius 2 is 2.08 bits per heavy atom. The molecule has 0 saturated carbocycles. The molecule has 0 aliphatic carbocycles. The quantitative estimate of drug-likeness (QED) is 0.764. The van der Waals surface area contributed by atoms with Crippen LogP contribution in [0.1, 0.15) is 12.0 Å². The molecule has 0 saturated heterocycles. The first-order chi connectivity index (χ1) is 12.5. The molecule has 0 radical (unpaired) electrons. The molecule has 1 N–H and O–H groups in total. The van der Waals surface area contributed by atoms with E-state index in [9.17, 15) is 9.18 Å². The number of halogens is 2. The third-order valence-electron chi connectivity index (χ3n) is 3.66. The van der Waals surface area contributed by atoms with Crippen LogP contribution >= 0.6 is 11.6 Å². The lowest BCUT2D eigenvalue weighted by Crippen LogP contribution is -2.28. The van der Waals surface area contributed by atoms with Crippen molar-refractivity contribution in [1.29, 1.82) is 5.26 Å². The maximum Gasteiger partial charge on any atom is 0.225 e. The highest BCUT2D eigenvalue weighted by molar-refractivity contribution is 6.32.